The van der Waals surface area contributed by atoms with Crippen molar-refractivity contribution in [2.75, 3.05) is 12.3 Å². The van der Waals surface area contributed by atoms with Crippen LogP contribution in [0.1, 0.15) is 32.6 Å². The SMILES string of the molecule is CC(O)C(NC(=O)C(CS)NC(=O)C(N)CCC(N)=O)C(=O)N1CCCC1C(=O)O. The Morgan fingerprint density at radius 2 is 1.83 bits per heavy atom. The molecule has 1 fully saturated rings. The molecule has 0 radical (unpaired) electrons. The summed E-state index contributed by atoms with van der Waals surface area (Å²) in [6.07, 6.45) is -0.666. The third kappa shape index (κ3) is 7.15. The number of aliphatic hydroxyl groups excluding tert-OH is 1. The highest BCUT2D eigenvalue weighted by atomic mass is 32.1. The molecule has 1 heterocycles. The summed E-state index contributed by atoms with van der Waals surface area (Å²) in [6, 6.07) is -4.69. The molecule has 0 bridgehead atoms. The first-order chi connectivity index (χ1) is 14.0. The molecule has 1 saturated heterocycles. The molecule has 1 aliphatic rings. The zero-order chi connectivity index (χ0) is 23.0. The van der Waals surface area contributed by atoms with E-state index < -0.39 is 59.9 Å². The molecule has 1 aliphatic heterocycles. The fourth-order valence-corrected chi connectivity index (χ4v) is 3.27. The molecule has 30 heavy (non-hydrogen) atoms. The number of likely N-dealkylation sites (tertiary alicyclic amines) is 1. The number of carbonyl (C=O) groups is 5. The number of thiol groups is 1. The van der Waals surface area contributed by atoms with Gasteiger partial charge in [0.2, 0.25) is 23.6 Å². The fourth-order valence-electron chi connectivity index (χ4n) is 3.01. The Labute approximate surface area is 179 Å². The van der Waals surface area contributed by atoms with Crippen LogP contribution < -0.4 is 22.1 Å². The third-order valence-electron chi connectivity index (χ3n) is 4.72. The van der Waals surface area contributed by atoms with Gasteiger partial charge in [0.1, 0.15) is 18.1 Å². The van der Waals surface area contributed by atoms with Crippen molar-refractivity contribution < 1.29 is 34.2 Å². The van der Waals surface area contributed by atoms with Gasteiger partial charge in [-0.1, -0.05) is 0 Å². The Morgan fingerprint density at radius 1 is 1.20 bits per heavy atom. The van der Waals surface area contributed by atoms with Crippen molar-refractivity contribution in [1.82, 2.24) is 15.5 Å². The van der Waals surface area contributed by atoms with Crippen LogP contribution in [0.4, 0.5) is 0 Å². The lowest BCUT2D eigenvalue weighted by Gasteiger charge is -2.30. The molecule has 0 aromatic heterocycles. The van der Waals surface area contributed by atoms with Crippen molar-refractivity contribution in [1.29, 1.82) is 0 Å². The van der Waals surface area contributed by atoms with Crippen LogP contribution in [0, 0.1) is 0 Å². The minimum Gasteiger partial charge on any atom is -0.480 e. The lowest BCUT2D eigenvalue weighted by molar-refractivity contribution is -0.150. The Kier molecular flexibility index (Phi) is 10.0. The number of carboxylic acid groups (broad SMARTS) is 1. The molecular formula is C17H29N5O7S. The third-order valence-corrected chi connectivity index (χ3v) is 5.09. The van der Waals surface area contributed by atoms with Crippen molar-refractivity contribution in [3.8, 4) is 0 Å². The summed E-state index contributed by atoms with van der Waals surface area (Å²) in [5.41, 5.74) is 10.7. The Bertz CT molecular complexity index is 675. The Balaban J connectivity index is 2.80. The van der Waals surface area contributed by atoms with E-state index in [1.54, 1.807) is 0 Å². The summed E-state index contributed by atoms with van der Waals surface area (Å²) in [7, 11) is 0. The molecule has 4 amide bonds. The number of aliphatic carboxylic acids is 1. The molecule has 0 saturated carbocycles. The average molecular weight is 448 g/mol. The number of hydrogen-bond donors (Lipinski definition) is 7. The molecule has 1 rings (SSSR count). The van der Waals surface area contributed by atoms with Crippen LogP contribution in [0.3, 0.4) is 0 Å². The van der Waals surface area contributed by atoms with Gasteiger partial charge < -0.3 is 37.2 Å². The largest absolute Gasteiger partial charge is 0.480 e. The van der Waals surface area contributed by atoms with Crippen LogP contribution in [0.5, 0.6) is 0 Å². The molecule has 5 unspecified atom stereocenters. The van der Waals surface area contributed by atoms with Crippen molar-refractivity contribution in [3.63, 3.8) is 0 Å². The normalized spacial score (nSPS) is 20.0. The molecule has 0 aromatic rings. The molecule has 0 aliphatic carbocycles. The van der Waals surface area contributed by atoms with E-state index in [1.807, 2.05) is 0 Å². The maximum Gasteiger partial charge on any atom is 0.326 e. The monoisotopic (exact) mass is 447 g/mol. The smallest absolute Gasteiger partial charge is 0.326 e. The number of nitrogens with one attached hydrogen (secondary N) is 2. The van der Waals surface area contributed by atoms with E-state index in [0.29, 0.717) is 6.42 Å². The van der Waals surface area contributed by atoms with Crippen LogP contribution in [-0.2, 0) is 24.0 Å². The molecule has 12 nitrogen and oxygen atoms in total. The first-order valence-electron chi connectivity index (χ1n) is 9.46. The quantitative estimate of drug-likeness (QED) is 0.161. The van der Waals surface area contributed by atoms with E-state index in [1.165, 1.54) is 6.92 Å². The maximum atomic E-state index is 12.7. The summed E-state index contributed by atoms with van der Waals surface area (Å²) in [5, 5.41) is 23.9. The summed E-state index contributed by atoms with van der Waals surface area (Å²) in [6.45, 7) is 1.47. The van der Waals surface area contributed by atoms with Crippen LogP contribution in [0.25, 0.3) is 0 Å². The van der Waals surface area contributed by atoms with E-state index in [9.17, 15) is 34.2 Å². The number of amides is 4. The van der Waals surface area contributed by atoms with Crippen molar-refractivity contribution >= 4 is 42.2 Å². The molecule has 13 heteroatoms. The zero-order valence-electron chi connectivity index (χ0n) is 16.6. The van der Waals surface area contributed by atoms with Crippen LogP contribution in [0.2, 0.25) is 0 Å². The summed E-state index contributed by atoms with van der Waals surface area (Å²) >= 11 is 4.01. The first-order valence-corrected chi connectivity index (χ1v) is 10.1. The predicted molar refractivity (Wildman–Crippen MR) is 108 cm³/mol. The van der Waals surface area contributed by atoms with Crippen molar-refractivity contribution in [3.05, 3.63) is 0 Å². The molecule has 0 spiro atoms. The first kappa shape index (κ1) is 25.7. The van der Waals surface area contributed by atoms with Crippen LogP contribution >= 0.6 is 12.6 Å². The van der Waals surface area contributed by atoms with Crippen LogP contribution in [0.15, 0.2) is 0 Å². The lowest BCUT2D eigenvalue weighted by Crippen LogP contribution is -2.60. The van der Waals surface area contributed by atoms with E-state index in [-0.39, 0.29) is 31.6 Å². The zero-order valence-corrected chi connectivity index (χ0v) is 17.5. The number of hydrogen-bond acceptors (Lipinski definition) is 8. The second-order valence-corrected chi connectivity index (χ2v) is 7.48. The summed E-state index contributed by atoms with van der Waals surface area (Å²) in [5.74, 6) is -4.17. The van der Waals surface area contributed by atoms with E-state index in [2.05, 4.69) is 23.3 Å². The highest BCUT2D eigenvalue weighted by Gasteiger charge is 2.39. The second kappa shape index (κ2) is 11.7. The summed E-state index contributed by atoms with van der Waals surface area (Å²) < 4.78 is 0. The molecule has 8 N–H and O–H groups in total. The Morgan fingerprint density at radius 3 is 2.33 bits per heavy atom. The molecule has 170 valence electrons. The number of rotatable bonds is 11. The van der Waals surface area contributed by atoms with Gasteiger partial charge in [-0.25, -0.2) is 4.79 Å². The molecule has 5 atom stereocenters. The van der Waals surface area contributed by atoms with Gasteiger partial charge in [-0.3, -0.25) is 19.2 Å². The molecular weight excluding hydrogens is 418 g/mol. The summed E-state index contributed by atoms with van der Waals surface area (Å²) in [4.78, 5) is 60.7. The topological polar surface area (TPSA) is 205 Å². The fraction of sp³-hybridized carbons (Fsp3) is 0.706. The van der Waals surface area contributed by atoms with E-state index >= 15 is 0 Å². The standard InChI is InChI=1S/C17H29N5O7S/c1-8(23)13(16(27)22-6-2-3-11(22)17(28)29)21-15(26)10(7-30)20-14(25)9(18)4-5-12(19)24/h8-11,13,23,30H,2-7,18H2,1H3,(H2,19,24)(H,20,25)(H,21,26)(H,28,29). The minimum absolute atomic E-state index is 0.0115. The van der Waals surface area contributed by atoms with Gasteiger partial charge in [-0.2, -0.15) is 12.6 Å². The number of nitrogens with zero attached hydrogens (tertiary/aromatic N) is 1. The maximum absolute atomic E-state index is 12.7. The van der Waals surface area contributed by atoms with Gasteiger partial charge >= 0.3 is 5.97 Å². The van der Waals surface area contributed by atoms with Crippen LogP contribution in [-0.4, -0.2) is 87.3 Å². The number of carbonyl (C=O) groups excluding carboxylic acids is 4. The number of carboxylic acids is 1. The highest BCUT2D eigenvalue weighted by molar-refractivity contribution is 7.80. The van der Waals surface area contributed by atoms with Crippen molar-refractivity contribution in [2.24, 2.45) is 11.5 Å². The minimum atomic E-state index is -1.40. The predicted octanol–water partition coefficient (Wildman–Crippen LogP) is -3.06. The van der Waals surface area contributed by atoms with E-state index in [0.717, 1.165) is 4.90 Å². The number of nitrogens with two attached hydrogens (primary N) is 2. The second-order valence-electron chi connectivity index (χ2n) is 7.11. The molecule has 0 aromatic carbocycles. The van der Waals surface area contributed by atoms with Gasteiger partial charge in [0.25, 0.3) is 0 Å². The van der Waals surface area contributed by atoms with Gasteiger partial charge in [0.05, 0.1) is 12.1 Å². The van der Waals surface area contributed by atoms with Gasteiger partial charge in [0, 0.05) is 18.7 Å². The van der Waals surface area contributed by atoms with Gasteiger partial charge in [0.15, 0.2) is 0 Å². The highest BCUT2D eigenvalue weighted by Crippen LogP contribution is 2.19. The number of aliphatic hydroxyl groups is 1. The average Bonchev–Trinajstić information content (AvgIpc) is 3.17. The van der Waals surface area contributed by atoms with Gasteiger partial charge in [-0.15, -0.1) is 0 Å². The van der Waals surface area contributed by atoms with Gasteiger partial charge in [-0.05, 0) is 26.2 Å². The van der Waals surface area contributed by atoms with E-state index in [4.69, 9.17) is 11.5 Å². The number of primary amides is 1. The van der Waals surface area contributed by atoms with Crippen molar-refractivity contribution in [2.45, 2.75) is 62.9 Å². The Hall–Kier alpha value is -2.38. The lowest BCUT2D eigenvalue weighted by atomic mass is 10.1.